The van der Waals surface area contributed by atoms with Crippen molar-refractivity contribution in [2.75, 3.05) is 14.2 Å². The third-order valence-electron chi connectivity index (χ3n) is 3.31. The quantitative estimate of drug-likeness (QED) is 0.755. The van der Waals surface area contributed by atoms with Crippen LogP contribution in [0.4, 0.5) is 0 Å². The van der Waals surface area contributed by atoms with Crippen molar-refractivity contribution in [2.24, 2.45) is 5.73 Å². The second-order valence-corrected chi connectivity index (χ2v) is 5.56. The van der Waals surface area contributed by atoms with Gasteiger partial charge in [-0.3, -0.25) is 5.10 Å². The van der Waals surface area contributed by atoms with E-state index >= 15 is 0 Å². The zero-order chi connectivity index (χ0) is 15.5. The van der Waals surface area contributed by atoms with Crippen LogP contribution in [0.25, 0.3) is 10.7 Å². The topological polar surface area (TPSA) is 86.0 Å². The predicted molar refractivity (Wildman–Crippen MR) is 85.3 cm³/mol. The van der Waals surface area contributed by atoms with Crippen LogP contribution >= 0.6 is 11.3 Å². The highest BCUT2D eigenvalue weighted by Gasteiger charge is 2.17. The summed E-state index contributed by atoms with van der Waals surface area (Å²) in [6.45, 7) is 0. The van der Waals surface area contributed by atoms with Crippen LogP contribution in [0.1, 0.15) is 17.4 Å². The molecule has 0 spiro atoms. The Balaban J connectivity index is 1.89. The highest BCUT2D eigenvalue weighted by molar-refractivity contribution is 7.13. The van der Waals surface area contributed by atoms with E-state index in [9.17, 15) is 0 Å². The van der Waals surface area contributed by atoms with Crippen molar-refractivity contribution in [3.05, 3.63) is 47.1 Å². The molecule has 0 unspecified atom stereocenters. The maximum atomic E-state index is 6.27. The van der Waals surface area contributed by atoms with Crippen LogP contribution in [0, 0.1) is 0 Å². The Kier molecular flexibility index (Phi) is 4.08. The molecule has 3 rings (SSSR count). The molecule has 3 aromatic rings. The largest absolute Gasteiger partial charge is 0.493 e. The molecule has 22 heavy (non-hydrogen) atoms. The molecule has 1 atom stereocenters. The first-order chi connectivity index (χ1) is 10.7. The lowest BCUT2D eigenvalue weighted by molar-refractivity contribution is 0.354. The maximum Gasteiger partial charge on any atom is 0.191 e. The van der Waals surface area contributed by atoms with E-state index in [2.05, 4.69) is 15.2 Å². The lowest BCUT2D eigenvalue weighted by Crippen LogP contribution is -2.14. The Bertz CT molecular complexity index is 755. The van der Waals surface area contributed by atoms with E-state index in [0.29, 0.717) is 23.1 Å². The Hall–Kier alpha value is -2.38. The van der Waals surface area contributed by atoms with Gasteiger partial charge in [0, 0.05) is 0 Å². The van der Waals surface area contributed by atoms with Crippen LogP contribution in [-0.2, 0) is 0 Å². The smallest absolute Gasteiger partial charge is 0.191 e. The minimum Gasteiger partial charge on any atom is -0.493 e. The third kappa shape index (κ3) is 2.68. The summed E-state index contributed by atoms with van der Waals surface area (Å²) < 4.78 is 10.5. The lowest BCUT2D eigenvalue weighted by Gasteiger charge is -2.12. The number of nitrogens with zero attached hydrogens (tertiary/aromatic N) is 2. The van der Waals surface area contributed by atoms with Crippen molar-refractivity contribution in [2.45, 2.75) is 6.04 Å². The summed E-state index contributed by atoms with van der Waals surface area (Å²) in [6, 6.07) is 9.07. The highest BCUT2D eigenvalue weighted by Crippen LogP contribution is 2.31. The fraction of sp³-hybridized carbons (Fsp3) is 0.200. The molecular weight excluding hydrogens is 300 g/mol. The monoisotopic (exact) mass is 316 g/mol. The zero-order valence-electron chi connectivity index (χ0n) is 12.2. The number of methoxy groups -OCH3 is 2. The molecule has 0 saturated carbocycles. The molecule has 0 aliphatic carbocycles. The van der Waals surface area contributed by atoms with Gasteiger partial charge in [0.25, 0.3) is 0 Å². The maximum absolute atomic E-state index is 6.27. The number of ether oxygens (including phenoxy) is 2. The molecule has 1 aromatic carbocycles. The third-order valence-corrected chi connectivity index (χ3v) is 4.17. The molecule has 2 aromatic heterocycles. The number of benzene rings is 1. The number of nitrogens with one attached hydrogen (secondary N) is 1. The van der Waals surface area contributed by atoms with Crippen molar-refractivity contribution in [3.63, 3.8) is 0 Å². The van der Waals surface area contributed by atoms with Gasteiger partial charge in [-0.2, -0.15) is 5.10 Å². The average Bonchev–Trinajstić information content (AvgIpc) is 3.24. The fourth-order valence-corrected chi connectivity index (χ4v) is 2.79. The van der Waals surface area contributed by atoms with E-state index in [0.717, 1.165) is 10.4 Å². The molecule has 0 fully saturated rings. The van der Waals surface area contributed by atoms with Gasteiger partial charge in [0.2, 0.25) is 0 Å². The molecule has 0 amide bonds. The average molecular weight is 316 g/mol. The van der Waals surface area contributed by atoms with Crippen molar-refractivity contribution < 1.29 is 9.47 Å². The minimum atomic E-state index is -0.416. The molecule has 0 aliphatic rings. The normalized spacial score (nSPS) is 12.1. The van der Waals surface area contributed by atoms with E-state index < -0.39 is 6.04 Å². The molecular formula is C15H16N4O2S. The van der Waals surface area contributed by atoms with Crippen molar-refractivity contribution in [1.29, 1.82) is 0 Å². The van der Waals surface area contributed by atoms with Crippen LogP contribution in [0.15, 0.2) is 35.7 Å². The first-order valence-corrected chi connectivity index (χ1v) is 7.54. The number of hydrogen-bond acceptors (Lipinski definition) is 6. The number of rotatable bonds is 5. The van der Waals surface area contributed by atoms with Gasteiger partial charge < -0.3 is 15.2 Å². The standard InChI is InChI=1S/C15H16N4O2S/c1-20-10-6-5-9(8-11(10)21-2)13(16)15-17-14(18-19-15)12-4-3-7-22-12/h3-8,13H,16H2,1-2H3,(H,17,18,19)/t13-/m0/s1. The number of thiophene rings is 1. The fourth-order valence-electron chi connectivity index (χ4n) is 2.13. The summed E-state index contributed by atoms with van der Waals surface area (Å²) in [4.78, 5) is 5.48. The van der Waals surface area contributed by atoms with Gasteiger partial charge in [-0.05, 0) is 29.1 Å². The van der Waals surface area contributed by atoms with Gasteiger partial charge >= 0.3 is 0 Å². The summed E-state index contributed by atoms with van der Waals surface area (Å²) in [5.41, 5.74) is 7.14. The van der Waals surface area contributed by atoms with E-state index in [1.807, 2.05) is 35.7 Å². The van der Waals surface area contributed by atoms with Gasteiger partial charge in [0.05, 0.1) is 25.1 Å². The summed E-state index contributed by atoms with van der Waals surface area (Å²) in [6.07, 6.45) is 0. The lowest BCUT2D eigenvalue weighted by atomic mass is 10.1. The number of aromatic nitrogens is 3. The molecule has 3 N–H and O–H groups in total. The molecule has 6 nitrogen and oxygen atoms in total. The SMILES string of the molecule is COc1ccc([C@H](N)c2nc(-c3cccs3)n[nH]2)cc1OC. The second kappa shape index (κ2) is 6.17. The highest BCUT2D eigenvalue weighted by atomic mass is 32.1. The second-order valence-electron chi connectivity index (χ2n) is 4.61. The number of H-pyrrole nitrogens is 1. The van der Waals surface area contributed by atoms with Crippen LogP contribution in [0.3, 0.4) is 0 Å². The predicted octanol–water partition coefficient (Wildman–Crippen LogP) is 2.60. The van der Waals surface area contributed by atoms with Crippen LogP contribution in [0.2, 0.25) is 0 Å². The minimum absolute atomic E-state index is 0.416. The van der Waals surface area contributed by atoms with Crippen molar-refractivity contribution in [3.8, 4) is 22.2 Å². The number of hydrogen-bond donors (Lipinski definition) is 2. The Morgan fingerprint density at radius 2 is 2.00 bits per heavy atom. The Morgan fingerprint density at radius 1 is 1.18 bits per heavy atom. The van der Waals surface area contributed by atoms with Gasteiger partial charge in [-0.15, -0.1) is 11.3 Å². The Morgan fingerprint density at radius 3 is 2.68 bits per heavy atom. The van der Waals surface area contributed by atoms with Gasteiger partial charge in [-0.1, -0.05) is 12.1 Å². The van der Waals surface area contributed by atoms with Gasteiger partial charge in [0.1, 0.15) is 5.82 Å². The molecule has 114 valence electrons. The van der Waals surface area contributed by atoms with Gasteiger partial charge in [0.15, 0.2) is 17.3 Å². The number of aromatic amines is 1. The zero-order valence-corrected chi connectivity index (χ0v) is 13.1. The molecule has 7 heteroatoms. The summed E-state index contributed by atoms with van der Waals surface area (Å²) in [7, 11) is 3.19. The molecule has 0 radical (unpaired) electrons. The van der Waals surface area contributed by atoms with E-state index in [-0.39, 0.29) is 0 Å². The molecule has 0 bridgehead atoms. The molecule has 0 aliphatic heterocycles. The van der Waals surface area contributed by atoms with E-state index in [1.165, 1.54) is 0 Å². The summed E-state index contributed by atoms with van der Waals surface area (Å²) in [5.74, 6) is 2.56. The van der Waals surface area contributed by atoms with E-state index in [4.69, 9.17) is 15.2 Å². The van der Waals surface area contributed by atoms with E-state index in [1.54, 1.807) is 25.6 Å². The first-order valence-electron chi connectivity index (χ1n) is 6.66. The van der Waals surface area contributed by atoms with Crippen LogP contribution in [0.5, 0.6) is 11.5 Å². The Labute approximate surface area is 131 Å². The van der Waals surface area contributed by atoms with Crippen LogP contribution in [-0.4, -0.2) is 29.4 Å². The van der Waals surface area contributed by atoms with Crippen molar-refractivity contribution >= 4 is 11.3 Å². The first kappa shape index (κ1) is 14.6. The molecule has 0 saturated heterocycles. The van der Waals surface area contributed by atoms with Gasteiger partial charge in [-0.25, -0.2) is 4.98 Å². The number of nitrogens with two attached hydrogens (primary N) is 1. The van der Waals surface area contributed by atoms with Crippen LogP contribution < -0.4 is 15.2 Å². The summed E-state index contributed by atoms with van der Waals surface area (Å²) in [5, 5.41) is 9.11. The molecule has 2 heterocycles. The van der Waals surface area contributed by atoms with Crippen molar-refractivity contribution in [1.82, 2.24) is 15.2 Å². The summed E-state index contributed by atoms with van der Waals surface area (Å²) >= 11 is 1.59.